The van der Waals surface area contributed by atoms with E-state index in [2.05, 4.69) is 15.8 Å². The summed E-state index contributed by atoms with van der Waals surface area (Å²) in [6.45, 7) is 0. The van der Waals surface area contributed by atoms with Crippen LogP contribution in [0.3, 0.4) is 0 Å². The third kappa shape index (κ3) is 5.93. The van der Waals surface area contributed by atoms with E-state index in [1.54, 1.807) is 12.1 Å². The zero-order chi connectivity index (χ0) is 19.1. The van der Waals surface area contributed by atoms with Crippen LogP contribution in [0.5, 0.6) is 5.75 Å². The monoisotopic (exact) mass is 398 g/mol. The maximum absolute atomic E-state index is 12.3. The Bertz CT molecular complexity index is 832. The largest absolute Gasteiger partial charge is 0.507 e. The predicted octanol–water partition coefficient (Wildman–Crippen LogP) is 3.94. The minimum absolute atomic E-state index is 0.112. The van der Waals surface area contributed by atoms with Gasteiger partial charge in [-0.1, -0.05) is 11.8 Å². The van der Waals surface area contributed by atoms with E-state index in [1.165, 1.54) is 30.5 Å². The number of nitrogens with one attached hydrogen (secondary N) is 2. The summed E-state index contributed by atoms with van der Waals surface area (Å²) < 4.78 is 24.5. The average molecular weight is 398 g/mol. The molecule has 136 valence electrons. The maximum Gasteiger partial charge on any atom is 0.288 e. The highest BCUT2D eigenvalue weighted by Gasteiger charge is 2.09. The van der Waals surface area contributed by atoms with E-state index in [-0.39, 0.29) is 22.1 Å². The molecule has 0 bridgehead atoms. The Labute approximate surface area is 156 Å². The minimum Gasteiger partial charge on any atom is -0.507 e. The van der Waals surface area contributed by atoms with Gasteiger partial charge in [-0.25, -0.2) is 0 Å². The summed E-state index contributed by atoms with van der Waals surface area (Å²) in [7, 11) is 0. The second-order valence-electron chi connectivity index (χ2n) is 4.73. The second kappa shape index (κ2) is 9.06. The normalized spacial score (nSPS) is 10.9. The number of thioether (sulfide) groups is 1. The van der Waals surface area contributed by atoms with E-state index in [9.17, 15) is 24.0 Å². The van der Waals surface area contributed by atoms with Crippen LogP contribution in [0.4, 0.5) is 20.2 Å². The number of halogens is 2. The van der Waals surface area contributed by atoms with Crippen LogP contribution in [0.15, 0.2) is 52.5 Å². The van der Waals surface area contributed by atoms with E-state index in [0.29, 0.717) is 22.3 Å². The lowest BCUT2D eigenvalue weighted by atomic mass is 10.2. The number of alkyl halides is 2. The number of hydrazone groups is 1. The topological polar surface area (TPSA) is 99.8 Å². The molecule has 3 N–H and O–H groups in total. The summed E-state index contributed by atoms with van der Waals surface area (Å²) in [5.74, 6) is -2.66. The highest BCUT2D eigenvalue weighted by Crippen LogP contribution is 2.26. The van der Waals surface area contributed by atoms with Crippen molar-refractivity contribution in [2.24, 2.45) is 5.10 Å². The summed E-state index contributed by atoms with van der Waals surface area (Å²) in [5.41, 5.74) is 3.00. The third-order valence-corrected chi connectivity index (χ3v) is 3.84. The molecule has 0 unspecified atom stereocenters. The molecule has 0 aliphatic heterocycles. The van der Waals surface area contributed by atoms with Gasteiger partial charge in [0.15, 0.2) is 5.11 Å². The first kappa shape index (κ1) is 19.5. The number of hydrogen-bond acceptors (Lipinski definition) is 6. The highest BCUT2D eigenvalue weighted by molar-refractivity contribution is 7.99. The van der Waals surface area contributed by atoms with Crippen molar-refractivity contribution in [3.05, 3.63) is 58.1 Å². The van der Waals surface area contributed by atoms with Crippen LogP contribution in [-0.4, -0.2) is 27.1 Å². The number of nitro benzene ring substituents is 1. The summed E-state index contributed by atoms with van der Waals surface area (Å²) in [6.07, 6.45) is 1.18. The fourth-order valence-corrected chi connectivity index (χ4v) is 2.47. The van der Waals surface area contributed by atoms with Gasteiger partial charge in [0.05, 0.1) is 11.1 Å². The average Bonchev–Trinajstić information content (AvgIpc) is 2.57. The van der Waals surface area contributed by atoms with Gasteiger partial charge >= 0.3 is 0 Å². The van der Waals surface area contributed by atoms with E-state index in [4.69, 9.17) is 12.2 Å². The Morgan fingerprint density at radius 1 is 1.31 bits per heavy atom. The van der Waals surface area contributed by atoms with Crippen LogP contribution >= 0.6 is 24.0 Å². The van der Waals surface area contributed by atoms with Gasteiger partial charge in [0, 0.05) is 28.3 Å². The van der Waals surface area contributed by atoms with Gasteiger partial charge in [0.25, 0.3) is 11.4 Å². The first-order valence-electron chi connectivity index (χ1n) is 6.97. The Balaban J connectivity index is 1.93. The number of anilines is 1. The van der Waals surface area contributed by atoms with Crippen molar-refractivity contribution >= 4 is 46.7 Å². The van der Waals surface area contributed by atoms with Crippen LogP contribution in [0.25, 0.3) is 0 Å². The predicted molar refractivity (Wildman–Crippen MR) is 100 cm³/mol. The molecule has 0 aromatic heterocycles. The summed E-state index contributed by atoms with van der Waals surface area (Å²) in [4.78, 5) is 10.6. The highest BCUT2D eigenvalue weighted by atomic mass is 32.2. The van der Waals surface area contributed by atoms with Gasteiger partial charge < -0.3 is 10.4 Å². The zero-order valence-corrected chi connectivity index (χ0v) is 14.6. The van der Waals surface area contributed by atoms with Gasteiger partial charge in [-0.05, 0) is 42.5 Å². The molecule has 0 aliphatic carbocycles. The molecule has 0 amide bonds. The quantitative estimate of drug-likeness (QED) is 0.223. The van der Waals surface area contributed by atoms with Crippen molar-refractivity contribution < 1.29 is 18.8 Å². The molecular formula is C15H12F2N4O3S2. The molecule has 2 aromatic rings. The fourth-order valence-electron chi connectivity index (χ4n) is 1.80. The van der Waals surface area contributed by atoms with Crippen molar-refractivity contribution in [1.29, 1.82) is 0 Å². The Kier molecular flexibility index (Phi) is 6.81. The number of benzene rings is 2. The molecule has 2 rings (SSSR count). The summed E-state index contributed by atoms with van der Waals surface area (Å²) in [6, 6.07) is 9.72. The number of non-ortho nitro benzene ring substituents is 1. The molecule has 0 spiro atoms. The second-order valence-corrected chi connectivity index (χ2v) is 6.20. The lowest BCUT2D eigenvalue weighted by Gasteiger charge is -2.08. The van der Waals surface area contributed by atoms with Crippen LogP contribution in [-0.2, 0) is 0 Å². The number of nitro groups is 1. The first-order chi connectivity index (χ1) is 12.3. The molecule has 0 heterocycles. The molecule has 11 heteroatoms. The van der Waals surface area contributed by atoms with Crippen LogP contribution in [0, 0.1) is 10.1 Å². The number of phenols is 1. The Morgan fingerprint density at radius 2 is 2.00 bits per heavy atom. The Hall–Kier alpha value is -2.79. The molecule has 2 aromatic carbocycles. The molecule has 0 atom stereocenters. The van der Waals surface area contributed by atoms with Gasteiger partial charge in [0.2, 0.25) is 0 Å². The van der Waals surface area contributed by atoms with Gasteiger partial charge in [-0.15, -0.1) is 0 Å². The summed E-state index contributed by atoms with van der Waals surface area (Å²) >= 11 is 5.46. The molecule has 7 nitrogen and oxygen atoms in total. The molecule has 26 heavy (non-hydrogen) atoms. The van der Waals surface area contributed by atoms with Crippen LogP contribution in [0.1, 0.15) is 5.56 Å². The number of hydrogen-bond donors (Lipinski definition) is 3. The molecule has 0 radical (unpaired) electrons. The SMILES string of the molecule is O=[N+]([O-])c1ccc(O)c(/C=N\NC(=S)Nc2ccc(SC(F)F)cc2)c1. The van der Waals surface area contributed by atoms with Crippen molar-refractivity contribution in [2.45, 2.75) is 10.7 Å². The smallest absolute Gasteiger partial charge is 0.288 e. The van der Waals surface area contributed by atoms with Gasteiger partial charge in [-0.3, -0.25) is 15.5 Å². The first-order valence-corrected chi connectivity index (χ1v) is 8.26. The van der Waals surface area contributed by atoms with Crippen molar-refractivity contribution in [2.75, 3.05) is 5.32 Å². The standard InChI is InChI=1S/C15H12F2N4O3S2/c16-14(17)26-12-4-1-10(2-5-12)19-15(25)20-18-8-9-7-11(21(23)24)3-6-13(9)22/h1-8,14,22H,(H2,19,20,25)/b18-8-. The maximum atomic E-state index is 12.3. The van der Waals surface area contributed by atoms with E-state index < -0.39 is 10.7 Å². The lowest BCUT2D eigenvalue weighted by Crippen LogP contribution is -2.23. The molecule has 0 saturated heterocycles. The Morgan fingerprint density at radius 3 is 2.62 bits per heavy atom. The van der Waals surface area contributed by atoms with Crippen LogP contribution in [0.2, 0.25) is 0 Å². The third-order valence-electron chi connectivity index (χ3n) is 2.93. The molecular weight excluding hydrogens is 386 g/mol. The van der Waals surface area contributed by atoms with Crippen molar-refractivity contribution in [3.8, 4) is 5.75 Å². The number of thiocarbonyl (C=S) groups is 1. The zero-order valence-electron chi connectivity index (χ0n) is 12.9. The molecule has 0 aliphatic rings. The fraction of sp³-hybridized carbons (Fsp3) is 0.0667. The van der Waals surface area contributed by atoms with Crippen molar-refractivity contribution in [3.63, 3.8) is 0 Å². The lowest BCUT2D eigenvalue weighted by molar-refractivity contribution is -0.384. The van der Waals surface area contributed by atoms with E-state index >= 15 is 0 Å². The number of nitrogens with zero attached hydrogens (tertiary/aromatic N) is 2. The van der Waals surface area contributed by atoms with E-state index in [0.717, 1.165) is 6.07 Å². The summed E-state index contributed by atoms with van der Waals surface area (Å²) in [5, 5.41) is 27.1. The number of rotatable bonds is 6. The van der Waals surface area contributed by atoms with Crippen LogP contribution < -0.4 is 10.7 Å². The minimum atomic E-state index is -2.49. The molecule has 0 saturated carbocycles. The van der Waals surface area contributed by atoms with Gasteiger partial charge in [-0.2, -0.15) is 13.9 Å². The van der Waals surface area contributed by atoms with Gasteiger partial charge in [0.1, 0.15) is 5.75 Å². The number of phenolic OH excluding ortho intramolecular Hbond substituents is 1. The molecule has 0 fully saturated rings. The van der Waals surface area contributed by atoms with Crippen molar-refractivity contribution in [1.82, 2.24) is 5.43 Å². The number of aromatic hydroxyl groups is 1. The van der Waals surface area contributed by atoms with E-state index in [1.807, 2.05) is 0 Å².